The smallest absolute Gasteiger partial charge is 0.123 e. The van der Waals surface area contributed by atoms with E-state index in [-0.39, 0.29) is 11.9 Å². The fourth-order valence-corrected chi connectivity index (χ4v) is 4.44. The van der Waals surface area contributed by atoms with Crippen molar-refractivity contribution in [1.82, 2.24) is 14.3 Å². The van der Waals surface area contributed by atoms with Gasteiger partial charge in [-0.25, -0.2) is 13.4 Å². The maximum absolute atomic E-state index is 13.5. The van der Waals surface area contributed by atoms with Crippen LogP contribution in [0.4, 0.5) is 4.39 Å². The molecule has 4 rings (SSSR count). The largest absolute Gasteiger partial charge is 0.403 e. The Bertz CT molecular complexity index is 609. The Kier molecular flexibility index (Phi) is 4.22. The monoisotopic (exact) mass is 334 g/mol. The van der Waals surface area contributed by atoms with Gasteiger partial charge in [-0.1, -0.05) is 6.07 Å². The lowest BCUT2D eigenvalue weighted by Crippen LogP contribution is -2.35. The minimum absolute atomic E-state index is 0.206. The van der Waals surface area contributed by atoms with E-state index in [0.717, 1.165) is 43.2 Å². The molecule has 3 aliphatic rings. The van der Waals surface area contributed by atoms with Crippen LogP contribution in [0.25, 0.3) is 5.70 Å². The predicted molar refractivity (Wildman–Crippen MR) is 92.5 cm³/mol. The van der Waals surface area contributed by atoms with Crippen LogP contribution in [0.5, 0.6) is 0 Å². The molecule has 0 radical (unpaired) electrons. The molecule has 4 nitrogen and oxygen atoms in total. The zero-order chi connectivity index (χ0) is 15.8. The number of halogens is 1. The van der Waals surface area contributed by atoms with Gasteiger partial charge in [0.15, 0.2) is 0 Å². The van der Waals surface area contributed by atoms with Crippen LogP contribution in [0.2, 0.25) is 0 Å². The molecule has 1 aromatic rings. The van der Waals surface area contributed by atoms with E-state index >= 15 is 0 Å². The van der Waals surface area contributed by atoms with Crippen LogP contribution < -0.4 is 15.8 Å². The Balaban J connectivity index is 1.41. The number of hydrogen-bond donors (Lipinski definition) is 3. The van der Waals surface area contributed by atoms with Crippen molar-refractivity contribution >= 4 is 17.8 Å². The van der Waals surface area contributed by atoms with Gasteiger partial charge in [0.05, 0.1) is 11.7 Å². The molecule has 0 bridgehead atoms. The topological polar surface area (TPSA) is 53.3 Å². The summed E-state index contributed by atoms with van der Waals surface area (Å²) in [6.07, 6.45) is 6.48. The summed E-state index contributed by atoms with van der Waals surface area (Å²) in [5, 5.41) is 3.51. The fourth-order valence-electron chi connectivity index (χ4n) is 3.52. The van der Waals surface area contributed by atoms with Crippen LogP contribution in [0.15, 0.2) is 24.4 Å². The number of rotatable bonds is 4. The van der Waals surface area contributed by atoms with Crippen molar-refractivity contribution in [2.45, 2.75) is 37.8 Å². The van der Waals surface area contributed by atoms with Crippen LogP contribution in [0.1, 0.15) is 42.9 Å². The number of nitrogens with one attached hydrogen (secondary N) is 2. The predicted octanol–water partition coefficient (Wildman–Crippen LogP) is 2.75. The average Bonchev–Trinajstić information content (AvgIpc) is 3.33. The summed E-state index contributed by atoms with van der Waals surface area (Å²) in [7, 11) is 0. The van der Waals surface area contributed by atoms with Gasteiger partial charge in [0, 0.05) is 43.0 Å². The molecule has 1 atom stereocenters. The highest BCUT2D eigenvalue weighted by Gasteiger charge is 2.34. The average molecular weight is 334 g/mol. The van der Waals surface area contributed by atoms with E-state index in [1.807, 2.05) is 6.07 Å². The highest BCUT2D eigenvalue weighted by Crippen LogP contribution is 2.41. The number of hydrogen-bond acceptors (Lipinski definition) is 5. The molecule has 2 heterocycles. The van der Waals surface area contributed by atoms with Gasteiger partial charge < -0.3 is 11.1 Å². The molecule has 124 valence electrons. The van der Waals surface area contributed by atoms with Crippen molar-refractivity contribution in [1.29, 1.82) is 0 Å². The van der Waals surface area contributed by atoms with E-state index in [1.54, 1.807) is 30.5 Å². The molecule has 1 saturated carbocycles. The second-order valence-electron chi connectivity index (χ2n) is 6.68. The number of fused-ring (bicyclic) bond motifs is 1. The van der Waals surface area contributed by atoms with Crippen molar-refractivity contribution in [3.05, 3.63) is 41.3 Å². The maximum Gasteiger partial charge on any atom is 0.123 e. The van der Waals surface area contributed by atoms with Crippen molar-refractivity contribution in [2.24, 2.45) is 11.7 Å². The highest BCUT2D eigenvalue weighted by molar-refractivity contribution is 7.95. The van der Waals surface area contributed by atoms with E-state index in [2.05, 4.69) is 14.3 Å². The SMILES string of the molecule is N/C=C1\NC(C2CCN(SNC3CC3)CC2)c2ccc(F)cc21. The Morgan fingerprint density at radius 2 is 2.04 bits per heavy atom. The summed E-state index contributed by atoms with van der Waals surface area (Å²) < 4.78 is 19.5. The third kappa shape index (κ3) is 3.20. The van der Waals surface area contributed by atoms with Gasteiger partial charge in [-0.15, -0.1) is 0 Å². The molecule has 23 heavy (non-hydrogen) atoms. The zero-order valence-electron chi connectivity index (χ0n) is 13.1. The Labute approximate surface area is 140 Å². The first-order chi connectivity index (χ1) is 11.2. The second-order valence-corrected chi connectivity index (χ2v) is 7.62. The summed E-state index contributed by atoms with van der Waals surface area (Å²) >= 11 is 1.79. The third-order valence-corrected chi connectivity index (χ3v) is 6.08. The van der Waals surface area contributed by atoms with Gasteiger partial charge in [-0.3, -0.25) is 0 Å². The van der Waals surface area contributed by atoms with E-state index in [1.165, 1.54) is 18.4 Å². The molecule has 2 aliphatic heterocycles. The Morgan fingerprint density at radius 1 is 1.26 bits per heavy atom. The lowest BCUT2D eigenvalue weighted by atomic mass is 9.86. The van der Waals surface area contributed by atoms with Gasteiger partial charge in [0.25, 0.3) is 0 Å². The normalized spacial score (nSPS) is 27.2. The zero-order valence-corrected chi connectivity index (χ0v) is 13.9. The van der Waals surface area contributed by atoms with Gasteiger partial charge >= 0.3 is 0 Å². The van der Waals surface area contributed by atoms with Crippen LogP contribution in [-0.4, -0.2) is 23.4 Å². The van der Waals surface area contributed by atoms with Crippen molar-refractivity contribution in [3.8, 4) is 0 Å². The molecular formula is C17H23FN4S. The van der Waals surface area contributed by atoms with Crippen molar-refractivity contribution < 1.29 is 4.39 Å². The minimum Gasteiger partial charge on any atom is -0.403 e. The molecule has 0 amide bonds. The van der Waals surface area contributed by atoms with Gasteiger partial charge in [-0.2, -0.15) is 0 Å². The fraction of sp³-hybridized carbons (Fsp3) is 0.529. The lowest BCUT2D eigenvalue weighted by molar-refractivity contribution is 0.249. The molecule has 0 spiro atoms. The molecule has 1 aromatic carbocycles. The van der Waals surface area contributed by atoms with E-state index in [9.17, 15) is 4.39 Å². The lowest BCUT2D eigenvalue weighted by Gasteiger charge is -2.34. The summed E-state index contributed by atoms with van der Waals surface area (Å²) in [6, 6.07) is 6.04. The molecule has 0 aromatic heterocycles. The summed E-state index contributed by atoms with van der Waals surface area (Å²) in [4.78, 5) is 0. The third-order valence-electron chi connectivity index (χ3n) is 5.01. The van der Waals surface area contributed by atoms with Crippen LogP contribution >= 0.6 is 12.1 Å². The van der Waals surface area contributed by atoms with Gasteiger partial charge in [-0.05, 0) is 49.3 Å². The van der Waals surface area contributed by atoms with Gasteiger partial charge in [0.1, 0.15) is 5.82 Å². The van der Waals surface area contributed by atoms with Gasteiger partial charge in [0.2, 0.25) is 0 Å². The quantitative estimate of drug-likeness (QED) is 0.739. The van der Waals surface area contributed by atoms with E-state index in [0.29, 0.717) is 5.92 Å². The molecule has 2 fully saturated rings. The van der Waals surface area contributed by atoms with Crippen LogP contribution in [0, 0.1) is 11.7 Å². The van der Waals surface area contributed by atoms with Crippen LogP contribution in [-0.2, 0) is 0 Å². The number of benzene rings is 1. The molecule has 1 aliphatic carbocycles. The number of nitrogens with two attached hydrogens (primary N) is 1. The van der Waals surface area contributed by atoms with Crippen molar-refractivity contribution in [2.75, 3.05) is 13.1 Å². The van der Waals surface area contributed by atoms with E-state index in [4.69, 9.17) is 5.73 Å². The first kappa shape index (κ1) is 15.3. The highest BCUT2D eigenvalue weighted by atomic mass is 32.2. The molecule has 4 N–H and O–H groups in total. The number of piperidine rings is 1. The van der Waals surface area contributed by atoms with E-state index < -0.39 is 0 Å². The maximum atomic E-state index is 13.5. The van der Waals surface area contributed by atoms with Crippen molar-refractivity contribution in [3.63, 3.8) is 0 Å². The van der Waals surface area contributed by atoms with Crippen LogP contribution in [0.3, 0.4) is 0 Å². The summed E-state index contributed by atoms with van der Waals surface area (Å²) in [5.41, 5.74) is 8.68. The minimum atomic E-state index is -0.206. The molecule has 1 saturated heterocycles. The first-order valence-corrected chi connectivity index (χ1v) is 9.17. The Hall–Kier alpha value is -1.24. The molecular weight excluding hydrogens is 311 g/mol. The standard InChI is InChI=1S/C17H23FN4S/c18-12-1-4-14-15(9-12)16(10-19)20-17(14)11-5-7-22(8-6-11)23-21-13-2-3-13/h1,4,9-11,13,17,20-21H,2-3,5-8,19H2/b16-10-. The first-order valence-electron chi connectivity index (χ1n) is 8.40. The second kappa shape index (κ2) is 6.34. The Morgan fingerprint density at radius 3 is 2.74 bits per heavy atom. The molecule has 1 unspecified atom stereocenters. The number of nitrogens with zero attached hydrogens (tertiary/aromatic N) is 1. The molecule has 6 heteroatoms. The summed E-state index contributed by atoms with van der Waals surface area (Å²) in [5.74, 6) is 0.359. The summed E-state index contributed by atoms with van der Waals surface area (Å²) in [6.45, 7) is 2.18.